The van der Waals surface area contributed by atoms with Gasteiger partial charge in [-0.25, -0.2) is 0 Å². The average molecular weight is 221 g/mol. The van der Waals surface area contributed by atoms with E-state index in [2.05, 4.69) is 29.2 Å². The van der Waals surface area contributed by atoms with Gasteiger partial charge in [0.05, 0.1) is 12.7 Å². The minimum absolute atomic E-state index is 0.116. The lowest BCUT2D eigenvalue weighted by Crippen LogP contribution is -2.47. The molecular weight excluding hydrogens is 202 g/mol. The average Bonchev–Trinajstić information content (AvgIpc) is 2.27. The highest BCUT2D eigenvalue weighted by atomic mass is 16.3. The van der Waals surface area contributed by atoms with Gasteiger partial charge in [0.2, 0.25) is 0 Å². The lowest BCUT2D eigenvalue weighted by molar-refractivity contribution is 0.0213. The summed E-state index contributed by atoms with van der Waals surface area (Å²) in [6.45, 7) is 2.94. The molecule has 0 radical (unpaired) electrons. The first-order chi connectivity index (χ1) is 7.78. The zero-order valence-corrected chi connectivity index (χ0v) is 9.42. The molecule has 0 saturated carbocycles. The molecule has 1 aliphatic heterocycles. The van der Waals surface area contributed by atoms with Crippen LogP contribution in [0.2, 0.25) is 0 Å². The van der Waals surface area contributed by atoms with Crippen LogP contribution in [0.1, 0.15) is 12.0 Å². The number of aliphatic hydroxyl groups is 2. The summed E-state index contributed by atoms with van der Waals surface area (Å²) in [5, 5.41) is 18.0. The molecule has 3 heteroatoms. The van der Waals surface area contributed by atoms with E-state index in [1.165, 1.54) is 5.56 Å². The van der Waals surface area contributed by atoms with Gasteiger partial charge in [-0.1, -0.05) is 30.3 Å². The number of benzene rings is 1. The monoisotopic (exact) mass is 221 g/mol. The predicted octanol–water partition coefficient (Wildman–Crippen LogP) is 0.862. The Bertz CT molecular complexity index is 309. The van der Waals surface area contributed by atoms with Crippen LogP contribution in [0.5, 0.6) is 0 Å². The maximum absolute atomic E-state index is 9.30. The Kier molecular flexibility index (Phi) is 3.93. The van der Waals surface area contributed by atoms with Crippen LogP contribution in [0.4, 0.5) is 0 Å². The number of hydrogen-bond acceptors (Lipinski definition) is 3. The SMILES string of the molecule is OC[C@H](O)CC1CN(Cc2ccccc2)C1. The smallest absolute Gasteiger partial charge is 0.0774 e. The second kappa shape index (κ2) is 5.43. The van der Waals surface area contributed by atoms with Crippen molar-refractivity contribution in [2.45, 2.75) is 19.1 Å². The first-order valence-corrected chi connectivity index (χ1v) is 5.83. The summed E-state index contributed by atoms with van der Waals surface area (Å²) in [4.78, 5) is 2.37. The second-order valence-electron chi connectivity index (χ2n) is 4.62. The number of likely N-dealkylation sites (tertiary alicyclic amines) is 1. The van der Waals surface area contributed by atoms with E-state index in [1.807, 2.05) is 6.07 Å². The molecule has 3 nitrogen and oxygen atoms in total. The number of aliphatic hydroxyl groups excluding tert-OH is 2. The minimum Gasteiger partial charge on any atom is -0.394 e. The largest absolute Gasteiger partial charge is 0.394 e. The summed E-state index contributed by atoms with van der Waals surface area (Å²) < 4.78 is 0. The van der Waals surface area contributed by atoms with E-state index in [9.17, 15) is 5.11 Å². The van der Waals surface area contributed by atoms with Gasteiger partial charge < -0.3 is 10.2 Å². The molecule has 0 amide bonds. The van der Waals surface area contributed by atoms with Crippen LogP contribution in [-0.4, -0.2) is 40.9 Å². The number of rotatable bonds is 5. The summed E-state index contributed by atoms with van der Waals surface area (Å²) in [6.07, 6.45) is 0.186. The van der Waals surface area contributed by atoms with Crippen LogP contribution in [0.15, 0.2) is 30.3 Å². The maximum Gasteiger partial charge on any atom is 0.0774 e. The molecule has 2 N–H and O–H groups in total. The first kappa shape index (κ1) is 11.6. The highest BCUT2D eigenvalue weighted by Gasteiger charge is 2.27. The van der Waals surface area contributed by atoms with Gasteiger partial charge in [0, 0.05) is 19.6 Å². The van der Waals surface area contributed by atoms with E-state index in [0.717, 1.165) is 26.1 Å². The van der Waals surface area contributed by atoms with Crippen molar-refractivity contribution in [3.8, 4) is 0 Å². The Morgan fingerprint density at radius 3 is 2.56 bits per heavy atom. The molecule has 2 rings (SSSR count). The first-order valence-electron chi connectivity index (χ1n) is 5.83. The standard InChI is InChI=1S/C13H19NO2/c15-10-13(16)6-12-8-14(9-12)7-11-4-2-1-3-5-11/h1-5,12-13,15-16H,6-10H2/t13-/m1/s1. The molecular formula is C13H19NO2. The predicted molar refractivity (Wildman–Crippen MR) is 62.9 cm³/mol. The summed E-state index contributed by atoms with van der Waals surface area (Å²) in [5.41, 5.74) is 1.34. The summed E-state index contributed by atoms with van der Waals surface area (Å²) in [7, 11) is 0. The van der Waals surface area contributed by atoms with Gasteiger partial charge in [-0.15, -0.1) is 0 Å². The van der Waals surface area contributed by atoms with E-state index in [-0.39, 0.29) is 6.61 Å². The van der Waals surface area contributed by atoms with Gasteiger partial charge in [-0.3, -0.25) is 4.90 Å². The molecule has 88 valence electrons. The summed E-state index contributed by atoms with van der Waals surface area (Å²) in [6, 6.07) is 10.4. The van der Waals surface area contributed by atoms with Crippen molar-refractivity contribution >= 4 is 0 Å². The third-order valence-corrected chi connectivity index (χ3v) is 3.10. The van der Waals surface area contributed by atoms with Gasteiger partial charge in [-0.2, -0.15) is 0 Å². The fraction of sp³-hybridized carbons (Fsp3) is 0.538. The zero-order chi connectivity index (χ0) is 11.4. The van der Waals surface area contributed by atoms with Crippen LogP contribution < -0.4 is 0 Å². The molecule has 0 unspecified atom stereocenters. The van der Waals surface area contributed by atoms with Crippen molar-refractivity contribution in [2.75, 3.05) is 19.7 Å². The topological polar surface area (TPSA) is 43.7 Å². The van der Waals surface area contributed by atoms with Gasteiger partial charge in [0.1, 0.15) is 0 Å². The number of hydrogen-bond donors (Lipinski definition) is 2. The molecule has 1 saturated heterocycles. The van der Waals surface area contributed by atoms with Crippen LogP contribution in [0.25, 0.3) is 0 Å². The zero-order valence-electron chi connectivity index (χ0n) is 9.42. The van der Waals surface area contributed by atoms with Crippen molar-refractivity contribution in [3.63, 3.8) is 0 Å². The molecule has 0 aliphatic carbocycles. The Hall–Kier alpha value is -0.900. The van der Waals surface area contributed by atoms with Crippen molar-refractivity contribution in [3.05, 3.63) is 35.9 Å². The molecule has 0 bridgehead atoms. The summed E-state index contributed by atoms with van der Waals surface area (Å²) in [5.74, 6) is 0.547. The van der Waals surface area contributed by atoms with Crippen molar-refractivity contribution in [1.29, 1.82) is 0 Å². The molecule has 1 aromatic rings. The third kappa shape index (κ3) is 3.04. The second-order valence-corrected chi connectivity index (χ2v) is 4.62. The lowest BCUT2D eigenvalue weighted by Gasteiger charge is -2.40. The summed E-state index contributed by atoms with van der Waals surface area (Å²) >= 11 is 0. The highest BCUT2D eigenvalue weighted by molar-refractivity contribution is 5.14. The Morgan fingerprint density at radius 1 is 1.25 bits per heavy atom. The molecule has 1 aliphatic rings. The molecule has 1 aromatic carbocycles. The highest BCUT2D eigenvalue weighted by Crippen LogP contribution is 2.22. The van der Waals surface area contributed by atoms with Crippen LogP contribution in [-0.2, 0) is 6.54 Å². The quantitative estimate of drug-likeness (QED) is 0.775. The molecule has 1 fully saturated rings. The molecule has 0 spiro atoms. The van der Waals surface area contributed by atoms with Crippen molar-refractivity contribution in [2.24, 2.45) is 5.92 Å². The Morgan fingerprint density at radius 2 is 1.94 bits per heavy atom. The van der Waals surface area contributed by atoms with Crippen LogP contribution in [0, 0.1) is 5.92 Å². The molecule has 0 aromatic heterocycles. The van der Waals surface area contributed by atoms with E-state index >= 15 is 0 Å². The van der Waals surface area contributed by atoms with Gasteiger partial charge in [-0.05, 0) is 17.9 Å². The van der Waals surface area contributed by atoms with Gasteiger partial charge >= 0.3 is 0 Å². The Labute approximate surface area is 96.3 Å². The van der Waals surface area contributed by atoms with E-state index in [4.69, 9.17) is 5.11 Å². The van der Waals surface area contributed by atoms with Crippen molar-refractivity contribution < 1.29 is 10.2 Å². The third-order valence-electron chi connectivity index (χ3n) is 3.10. The fourth-order valence-electron chi connectivity index (χ4n) is 2.26. The van der Waals surface area contributed by atoms with Gasteiger partial charge in [0.25, 0.3) is 0 Å². The lowest BCUT2D eigenvalue weighted by atomic mass is 9.93. The molecule has 1 atom stereocenters. The van der Waals surface area contributed by atoms with E-state index in [1.54, 1.807) is 0 Å². The minimum atomic E-state index is -0.538. The van der Waals surface area contributed by atoms with E-state index in [0.29, 0.717) is 5.92 Å². The maximum atomic E-state index is 9.30. The van der Waals surface area contributed by atoms with Crippen molar-refractivity contribution in [1.82, 2.24) is 4.90 Å². The van der Waals surface area contributed by atoms with Crippen LogP contribution in [0.3, 0.4) is 0 Å². The molecule has 16 heavy (non-hydrogen) atoms. The fourth-order valence-corrected chi connectivity index (χ4v) is 2.26. The van der Waals surface area contributed by atoms with Gasteiger partial charge in [0.15, 0.2) is 0 Å². The molecule has 1 heterocycles. The van der Waals surface area contributed by atoms with Crippen LogP contribution >= 0.6 is 0 Å². The van der Waals surface area contributed by atoms with E-state index < -0.39 is 6.10 Å². The normalized spacial score (nSPS) is 19.4. The number of nitrogens with zero attached hydrogens (tertiary/aromatic N) is 1. The Balaban J connectivity index is 1.69.